The van der Waals surface area contributed by atoms with Crippen LogP contribution in [0.1, 0.15) is 11.4 Å². The molecule has 0 saturated heterocycles. The number of urea groups is 1. The summed E-state index contributed by atoms with van der Waals surface area (Å²) in [5.41, 5.74) is 2.56. The maximum Gasteiger partial charge on any atom is 0.335 e. The molecule has 138 valence electrons. The van der Waals surface area contributed by atoms with Crippen molar-refractivity contribution in [2.24, 2.45) is 0 Å². The van der Waals surface area contributed by atoms with Crippen LogP contribution in [0.5, 0.6) is 0 Å². The van der Waals surface area contributed by atoms with E-state index in [9.17, 15) is 13.2 Å². The Labute approximate surface area is 157 Å². The smallest absolute Gasteiger partial charge is 0.275 e. The Hall–Kier alpha value is -3.26. The molecular weight excluding hydrogens is 364 g/mol. The van der Waals surface area contributed by atoms with Crippen molar-refractivity contribution >= 4 is 22.0 Å². The molecule has 0 bridgehead atoms. The van der Waals surface area contributed by atoms with Crippen LogP contribution in [0.25, 0.3) is 11.1 Å². The number of aryl methyl sites for hydroxylation is 2. The van der Waals surface area contributed by atoms with Gasteiger partial charge in [0.05, 0.1) is 4.90 Å². The molecule has 0 aliphatic carbocycles. The minimum Gasteiger partial charge on any atom is -0.275 e. The number of aromatic nitrogens is 2. The molecule has 0 aliphatic heterocycles. The Morgan fingerprint density at radius 1 is 0.889 bits per heavy atom. The molecule has 8 heteroatoms. The molecule has 0 unspecified atom stereocenters. The molecule has 1 heterocycles. The first-order chi connectivity index (χ1) is 12.8. The van der Waals surface area contributed by atoms with Gasteiger partial charge in [0.25, 0.3) is 10.0 Å². The van der Waals surface area contributed by atoms with Crippen molar-refractivity contribution in [1.29, 1.82) is 0 Å². The van der Waals surface area contributed by atoms with E-state index in [4.69, 9.17) is 0 Å². The standard InChI is InChI=1S/C19H18N4O3S/c1-13-12-14(2)21-18(20-13)22-19(24)23-27(25,26)17-11-7-6-10-16(17)15-8-4-3-5-9-15/h3-12H,1-2H3,(H2,20,21,22,23,24). The van der Waals surface area contributed by atoms with E-state index in [0.717, 1.165) is 5.56 Å². The van der Waals surface area contributed by atoms with Crippen molar-refractivity contribution in [2.45, 2.75) is 18.7 Å². The van der Waals surface area contributed by atoms with E-state index in [2.05, 4.69) is 15.3 Å². The van der Waals surface area contributed by atoms with Crippen molar-refractivity contribution < 1.29 is 13.2 Å². The molecule has 2 amide bonds. The molecule has 2 aromatic carbocycles. The van der Waals surface area contributed by atoms with Gasteiger partial charge in [0, 0.05) is 17.0 Å². The number of carbonyl (C=O) groups excluding carboxylic acids is 1. The Balaban J connectivity index is 1.86. The first-order valence-electron chi connectivity index (χ1n) is 8.16. The molecule has 3 rings (SSSR count). The van der Waals surface area contributed by atoms with Crippen molar-refractivity contribution in [1.82, 2.24) is 14.7 Å². The van der Waals surface area contributed by atoms with Crippen molar-refractivity contribution in [3.05, 3.63) is 72.1 Å². The Kier molecular flexibility index (Phi) is 5.18. The van der Waals surface area contributed by atoms with E-state index in [-0.39, 0.29) is 10.8 Å². The Morgan fingerprint density at radius 2 is 1.48 bits per heavy atom. The zero-order valence-corrected chi connectivity index (χ0v) is 15.6. The minimum absolute atomic E-state index is 0.00712. The van der Waals surface area contributed by atoms with Crippen molar-refractivity contribution in [3.63, 3.8) is 0 Å². The highest BCUT2D eigenvalue weighted by atomic mass is 32.2. The first-order valence-corrected chi connectivity index (χ1v) is 9.64. The van der Waals surface area contributed by atoms with Gasteiger partial charge in [0.1, 0.15) is 0 Å². The average molecular weight is 382 g/mol. The summed E-state index contributed by atoms with van der Waals surface area (Å²) >= 11 is 0. The number of carbonyl (C=O) groups is 1. The fraction of sp³-hybridized carbons (Fsp3) is 0.105. The van der Waals surface area contributed by atoms with Crippen LogP contribution in [0.2, 0.25) is 0 Å². The minimum atomic E-state index is -4.10. The molecule has 0 fully saturated rings. The molecular formula is C19H18N4O3S. The molecule has 2 N–H and O–H groups in total. The second-order valence-electron chi connectivity index (χ2n) is 5.90. The summed E-state index contributed by atoms with van der Waals surface area (Å²) in [6.07, 6.45) is 0. The van der Waals surface area contributed by atoms with E-state index in [0.29, 0.717) is 17.0 Å². The molecule has 0 atom stereocenters. The maximum absolute atomic E-state index is 12.7. The lowest BCUT2D eigenvalue weighted by molar-refractivity contribution is 0.256. The quantitative estimate of drug-likeness (QED) is 0.721. The summed E-state index contributed by atoms with van der Waals surface area (Å²) in [5, 5.41) is 2.36. The number of benzene rings is 2. The highest BCUT2D eigenvalue weighted by Crippen LogP contribution is 2.26. The maximum atomic E-state index is 12.7. The topological polar surface area (TPSA) is 101 Å². The lowest BCUT2D eigenvalue weighted by Crippen LogP contribution is -2.35. The zero-order chi connectivity index (χ0) is 19.4. The summed E-state index contributed by atoms with van der Waals surface area (Å²) in [4.78, 5) is 20.3. The van der Waals surface area contributed by atoms with Gasteiger partial charge in [-0.25, -0.2) is 27.9 Å². The SMILES string of the molecule is Cc1cc(C)nc(NC(=O)NS(=O)(=O)c2ccccc2-c2ccccc2)n1. The lowest BCUT2D eigenvalue weighted by atomic mass is 10.1. The first kappa shape index (κ1) is 18.5. The molecule has 0 radical (unpaired) electrons. The highest BCUT2D eigenvalue weighted by molar-refractivity contribution is 7.90. The molecule has 0 aliphatic rings. The monoisotopic (exact) mass is 382 g/mol. The van der Waals surface area contributed by atoms with Gasteiger partial charge in [-0.1, -0.05) is 48.5 Å². The van der Waals surface area contributed by atoms with Crippen molar-refractivity contribution in [2.75, 3.05) is 5.32 Å². The second kappa shape index (κ2) is 7.55. The van der Waals surface area contributed by atoms with E-state index < -0.39 is 16.1 Å². The number of nitrogens with zero attached hydrogens (tertiary/aromatic N) is 2. The number of sulfonamides is 1. The van der Waals surface area contributed by atoms with Gasteiger partial charge in [-0.15, -0.1) is 0 Å². The third kappa shape index (κ3) is 4.48. The lowest BCUT2D eigenvalue weighted by Gasteiger charge is -2.12. The largest absolute Gasteiger partial charge is 0.335 e. The summed E-state index contributed by atoms with van der Waals surface area (Å²) < 4.78 is 27.5. The van der Waals surface area contributed by atoms with E-state index in [1.165, 1.54) is 6.07 Å². The Bertz CT molecular complexity index is 1060. The third-order valence-corrected chi connectivity index (χ3v) is 5.09. The molecule has 1 aromatic heterocycles. The van der Waals surface area contributed by atoms with Gasteiger partial charge >= 0.3 is 6.03 Å². The predicted octanol–water partition coefficient (Wildman–Crippen LogP) is 3.27. The van der Waals surface area contributed by atoms with Crippen LogP contribution in [0.4, 0.5) is 10.7 Å². The number of nitrogens with one attached hydrogen (secondary N) is 2. The van der Waals surface area contributed by atoms with Gasteiger partial charge in [-0.05, 0) is 31.5 Å². The summed E-state index contributed by atoms with van der Waals surface area (Å²) in [7, 11) is -4.10. The molecule has 0 saturated carbocycles. The molecule has 3 aromatic rings. The second-order valence-corrected chi connectivity index (χ2v) is 7.55. The van der Waals surface area contributed by atoms with Gasteiger partial charge in [-0.2, -0.15) is 0 Å². The van der Waals surface area contributed by atoms with Crippen LogP contribution in [0.15, 0.2) is 65.6 Å². The third-order valence-electron chi connectivity index (χ3n) is 3.70. The van der Waals surface area contributed by atoms with Crippen molar-refractivity contribution in [3.8, 4) is 11.1 Å². The molecule has 0 spiro atoms. The van der Waals surface area contributed by atoms with Crippen LogP contribution in [0, 0.1) is 13.8 Å². The molecule has 27 heavy (non-hydrogen) atoms. The van der Waals surface area contributed by atoms with Gasteiger partial charge in [0.2, 0.25) is 5.95 Å². The molecule has 7 nitrogen and oxygen atoms in total. The summed E-state index contributed by atoms with van der Waals surface area (Å²) in [6, 6.07) is 16.4. The number of hydrogen-bond donors (Lipinski definition) is 2. The van der Waals surface area contributed by atoms with Crippen LogP contribution < -0.4 is 10.0 Å². The van der Waals surface area contributed by atoms with Crippen LogP contribution >= 0.6 is 0 Å². The van der Waals surface area contributed by atoms with Gasteiger partial charge in [-0.3, -0.25) is 5.32 Å². The Morgan fingerprint density at radius 3 is 2.15 bits per heavy atom. The van der Waals surface area contributed by atoms with Gasteiger partial charge < -0.3 is 0 Å². The summed E-state index contributed by atoms with van der Waals surface area (Å²) in [6.45, 7) is 3.51. The normalized spacial score (nSPS) is 11.0. The predicted molar refractivity (Wildman–Crippen MR) is 103 cm³/mol. The van der Waals surface area contributed by atoms with E-state index in [1.54, 1.807) is 50.2 Å². The number of anilines is 1. The number of amides is 2. The zero-order valence-electron chi connectivity index (χ0n) is 14.8. The van der Waals surface area contributed by atoms with Crippen LogP contribution in [-0.2, 0) is 10.0 Å². The fourth-order valence-electron chi connectivity index (χ4n) is 2.64. The number of hydrogen-bond acceptors (Lipinski definition) is 5. The highest BCUT2D eigenvalue weighted by Gasteiger charge is 2.22. The number of rotatable bonds is 4. The van der Waals surface area contributed by atoms with E-state index >= 15 is 0 Å². The van der Waals surface area contributed by atoms with Crippen LogP contribution in [0.3, 0.4) is 0 Å². The van der Waals surface area contributed by atoms with Gasteiger partial charge in [0.15, 0.2) is 0 Å². The van der Waals surface area contributed by atoms with E-state index in [1.807, 2.05) is 22.9 Å². The fourth-order valence-corrected chi connectivity index (χ4v) is 3.78. The van der Waals surface area contributed by atoms with Crippen LogP contribution in [-0.4, -0.2) is 24.4 Å². The summed E-state index contributed by atoms with van der Waals surface area (Å²) in [5.74, 6) is 0.0385. The average Bonchev–Trinajstić information content (AvgIpc) is 2.61.